The molecular weight excluding hydrogens is 960 g/mol. The van der Waals surface area contributed by atoms with Crippen LogP contribution < -0.4 is 29.0 Å². The molecule has 2 heterocycles. The maximum Gasteiger partial charge on any atom is 0.340 e. The van der Waals surface area contributed by atoms with E-state index in [9.17, 15) is 19.2 Å². The van der Waals surface area contributed by atoms with E-state index >= 15 is 0 Å². The van der Waals surface area contributed by atoms with Crippen molar-refractivity contribution >= 4 is 55.5 Å². The minimum atomic E-state index is -1.83. The molecule has 2 aliphatic carbocycles. The first-order valence-electron chi connectivity index (χ1n) is 24.6. The van der Waals surface area contributed by atoms with Crippen molar-refractivity contribution in [3.63, 3.8) is 0 Å². The number of hydrogen-bond donors (Lipinski definition) is 1. The van der Waals surface area contributed by atoms with Gasteiger partial charge in [0, 0.05) is 29.8 Å². The molecule has 4 aliphatic rings. The third kappa shape index (κ3) is 11.3. The van der Waals surface area contributed by atoms with Gasteiger partial charge in [-0.25, -0.2) is 9.46 Å². The third-order valence-corrected chi connectivity index (χ3v) is 16.1. The lowest BCUT2D eigenvalue weighted by molar-refractivity contribution is -0.140. The minimum absolute atomic E-state index is 0.0372. The number of halogens is 2. The zero-order valence-corrected chi connectivity index (χ0v) is 43.3. The van der Waals surface area contributed by atoms with Crippen LogP contribution in [0.15, 0.2) is 30.3 Å². The fourth-order valence-corrected chi connectivity index (χ4v) is 12.0. The monoisotopic (exact) mass is 1020 g/mol. The van der Waals surface area contributed by atoms with Crippen molar-refractivity contribution in [1.29, 1.82) is 5.26 Å². The van der Waals surface area contributed by atoms with Gasteiger partial charge >= 0.3 is 17.9 Å². The van der Waals surface area contributed by atoms with Crippen LogP contribution >= 0.6 is 31.7 Å². The number of rotatable bonds is 21. The number of amides is 1. The predicted octanol–water partition coefficient (Wildman–Crippen LogP) is 12.1. The van der Waals surface area contributed by atoms with Crippen molar-refractivity contribution in [2.75, 3.05) is 34.0 Å². The normalized spacial score (nSPS) is 16.7. The van der Waals surface area contributed by atoms with Crippen LogP contribution in [0.5, 0.6) is 34.5 Å². The molecule has 15 nitrogen and oxygen atoms in total. The first kappa shape index (κ1) is 53.1. The third-order valence-electron chi connectivity index (χ3n) is 13.3. The molecule has 1 N–H and O–H groups in total. The van der Waals surface area contributed by atoms with Gasteiger partial charge in [0.1, 0.15) is 10.0 Å². The second kappa shape index (κ2) is 24.2. The Kier molecular flexibility index (Phi) is 18.3. The molecule has 2 saturated carbocycles. The topological polar surface area (TPSA) is 181 Å². The van der Waals surface area contributed by atoms with E-state index in [-0.39, 0.29) is 96.6 Å². The van der Waals surface area contributed by atoms with Gasteiger partial charge in [-0.2, -0.15) is 5.26 Å². The zero-order chi connectivity index (χ0) is 50.1. The molecule has 1 unspecified atom stereocenters. The highest BCUT2D eigenvalue weighted by Gasteiger charge is 2.56. The lowest BCUT2D eigenvalue weighted by atomic mass is 9.77. The first-order valence-corrected chi connectivity index (χ1v) is 26.4. The fraction of sp³-hybridized carbons (Fsp3) is 0.558. The average Bonchev–Trinajstić information content (AvgIpc) is 3.65. The van der Waals surface area contributed by atoms with Crippen LogP contribution in [-0.2, 0) is 29.0 Å². The number of unbranched alkanes of at least 4 members (excludes halogenated alkanes) is 3. The maximum absolute atomic E-state index is 14.3. The van der Waals surface area contributed by atoms with Gasteiger partial charge in [-0.15, -0.1) is 0 Å². The van der Waals surface area contributed by atoms with Gasteiger partial charge in [-0.1, -0.05) is 80.6 Å². The molecule has 1 amide bonds. The van der Waals surface area contributed by atoms with E-state index in [0.29, 0.717) is 63.8 Å². The summed E-state index contributed by atoms with van der Waals surface area (Å²) in [5.41, 5.74) is -0.715. The summed E-state index contributed by atoms with van der Waals surface area (Å²) in [6, 6.07) is 10.4. The number of carbonyl (C=O) groups excluding carboxylic acids is 4. The Morgan fingerprint density at radius 1 is 0.771 bits per heavy atom. The summed E-state index contributed by atoms with van der Waals surface area (Å²) in [6.45, 7) is 9.63. The molecule has 0 bridgehead atoms. The van der Waals surface area contributed by atoms with Gasteiger partial charge in [-0.3, -0.25) is 14.4 Å². The molecule has 0 radical (unpaired) electrons. The Bertz CT molecular complexity index is 2350. The predicted molar refractivity (Wildman–Crippen MR) is 264 cm³/mol. The summed E-state index contributed by atoms with van der Waals surface area (Å²) in [5, 5.41) is 11.7. The second-order valence-electron chi connectivity index (χ2n) is 18.7. The van der Waals surface area contributed by atoms with Crippen LogP contribution in [0.1, 0.15) is 161 Å². The number of nitrogens with one attached hydrogen (secondary N) is 1. The zero-order valence-electron chi connectivity index (χ0n) is 40.9. The summed E-state index contributed by atoms with van der Waals surface area (Å²) in [7, 11) is 1.51. The fourth-order valence-electron chi connectivity index (χ4n) is 9.84. The Hall–Kier alpha value is -4.68. The van der Waals surface area contributed by atoms with E-state index in [2.05, 4.69) is 43.8 Å². The highest BCUT2D eigenvalue weighted by Crippen LogP contribution is 2.64. The Morgan fingerprint density at radius 3 is 1.81 bits per heavy atom. The number of esters is 3. The van der Waals surface area contributed by atoms with E-state index in [1.807, 2.05) is 0 Å². The molecule has 2 aliphatic heterocycles. The molecular formula is C52H64Cl2N3O12P. The number of fused-ring (bicyclic) bond motifs is 6. The molecule has 2 fully saturated rings. The number of ether oxygens (including phenoxy) is 6. The molecule has 18 heteroatoms. The lowest BCUT2D eigenvalue weighted by Gasteiger charge is -2.38. The summed E-state index contributed by atoms with van der Waals surface area (Å²) in [5.74, 6) is -2.76. The minimum Gasteiger partial charge on any atom is -0.493 e. The molecule has 1 spiro atoms. The van der Waals surface area contributed by atoms with Crippen LogP contribution in [0.4, 0.5) is 0 Å². The summed E-state index contributed by atoms with van der Waals surface area (Å²) in [4.78, 5) is 55.1. The second-order valence-corrected chi connectivity index (χ2v) is 20.9. The van der Waals surface area contributed by atoms with Crippen LogP contribution in [0.25, 0.3) is 0 Å². The van der Waals surface area contributed by atoms with Crippen molar-refractivity contribution in [3.8, 4) is 40.6 Å². The molecule has 3 aromatic carbocycles. The van der Waals surface area contributed by atoms with E-state index in [1.165, 1.54) is 20.3 Å². The highest BCUT2D eigenvalue weighted by molar-refractivity contribution is 7.44. The van der Waals surface area contributed by atoms with Crippen molar-refractivity contribution in [2.24, 2.45) is 11.8 Å². The van der Waals surface area contributed by atoms with Gasteiger partial charge in [0.25, 0.3) is 14.4 Å². The van der Waals surface area contributed by atoms with E-state index in [0.717, 1.165) is 57.8 Å². The summed E-state index contributed by atoms with van der Waals surface area (Å²) in [6.07, 6.45) is 11.9. The Labute approximate surface area is 422 Å². The van der Waals surface area contributed by atoms with E-state index < -0.39 is 32.0 Å². The average molecular weight is 1020 g/mol. The van der Waals surface area contributed by atoms with Gasteiger partial charge in [-0.05, 0) is 90.5 Å². The van der Waals surface area contributed by atoms with Crippen molar-refractivity contribution < 1.29 is 56.6 Å². The van der Waals surface area contributed by atoms with Crippen LogP contribution in [0.3, 0.4) is 0 Å². The molecule has 70 heavy (non-hydrogen) atoms. The molecule has 1 atom stereocenters. The van der Waals surface area contributed by atoms with E-state index in [1.54, 1.807) is 24.3 Å². The Balaban J connectivity index is 1.14. The van der Waals surface area contributed by atoms with Crippen molar-refractivity contribution in [3.05, 3.63) is 68.2 Å². The van der Waals surface area contributed by atoms with Crippen LogP contribution in [0, 0.1) is 23.2 Å². The van der Waals surface area contributed by atoms with Crippen LogP contribution in [-0.4, -0.2) is 74.5 Å². The van der Waals surface area contributed by atoms with E-state index in [4.69, 9.17) is 65.9 Å². The maximum atomic E-state index is 14.3. The largest absolute Gasteiger partial charge is 0.493 e. The van der Waals surface area contributed by atoms with Gasteiger partial charge in [0.05, 0.1) is 68.4 Å². The molecule has 0 saturated heterocycles. The van der Waals surface area contributed by atoms with Crippen molar-refractivity contribution in [2.45, 2.75) is 142 Å². The number of benzene rings is 3. The highest BCUT2D eigenvalue weighted by atomic mass is 35.5. The summed E-state index contributed by atoms with van der Waals surface area (Å²) >= 11 is 14.4. The molecule has 0 aromatic heterocycles. The number of nitriles is 1. The summed E-state index contributed by atoms with van der Waals surface area (Å²) < 4.78 is 51.1. The van der Waals surface area contributed by atoms with Gasteiger partial charge < -0.3 is 42.8 Å². The Morgan fingerprint density at radius 2 is 1.30 bits per heavy atom. The number of methoxy groups -OCH3 is 2. The standard InChI is InChI=1S/C52H64Cl2N3O12P/c1-31(2)57(32(3)4)70(65-27-17-24-55)64-26-16-8-7-15-25-56-48(58)35-22-23-37-36(28-35)51(61)69-52(37)38-29-40(62-5)46(67-49(59)33-18-11-9-12-19-33)42(53)44(38)66-45-39(52)30-41(63-6)47(43(45)54)68-50(60)34-20-13-10-14-21-34/h22-23,28-34H,7-21,25-27H2,1-6H3,(H,56,58). The number of nitrogens with zero attached hydrogens (tertiary/aromatic N) is 2. The van der Waals surface area contributed by atoms with Crippen LogP contribution in [0.2, 0.25) is 10.0 Å². The quantitative estimate of drug-likeness (QED) is 0.0460. The SMILES string of the molecule is COc1cc2c(c(Cl)c1OC(=O)C1CCCCC1)Oc1c(cc(OC)c(OC(=O)C3CCCCC3)c1Cl)C21OC(=O)c2cc(C(=O)NCCCCCCOP(OCCC#N)N(C(C)C)C(C)C)ccc21. The van der Waals surface area contributed by atoms with Gasteiger partial charge in [0.2, 0.25) is 0 Å². The molecule has 3 aromatic rings. The van der Waals surface area contributed by atoms with Gasteiger partial charge in [0.15, 0.2) is 40.1 Å². The van der Waals surface area contributed by atoms with Crippen molar-refractivity contribution in [1.82, 2.24) is 9.99 Å². The molecule has 7 rings (SSSR count). The molecule has 378 valence electrons. The number of carbonyl (C=O) groups is 4. The lowest BCUT2D eigenvalue weighted by Crippen LogP contribution is -2.34. The smallest absolute Gasteiger partial charge is 0.340 e. The first-order chi connectivity index (χ1) is 33.7. The number of hydrogen-bond acceptors (Lipinski definition) is 14.